The zero-order valence-electron chi connectivity index (χ0n) is 12.7. The molecule has 0 aromatic rings. The summed E-state index contributed by atoms with van der Waals surface area (Å²) < 4.78 is 0. The van der Waals surface area contributed by atoms with Crippen LogP contribution in [0.1, 0.15) is 27.7 Å². The second-order valence-corrected chi connectivity index (χ2v) is 4.53. The number of carbonyl (C=O) groups is 1. The molecule has 0 aromatic heterocycles. The first kappa shape index (κ1) is 17.2. The molecule has 0 N–H and O–H groups in total. The van der Waals surface area contributed by atoms with Gasteiger partial charge in [0.05, 0.1) is 0 Å². The number of nitrogens with zero attached hydrogens (tertiary/aromatic N) is 1. The van der Waals surface area contributed by atoms with Crippen LogP contribution in [0.25, 0.3) is 0 Å². The summed E-state index contributed by atoms with van der Waals surface area (Å²) in [6.07, 6.45) is 11.6. The van der Waals surface area contributed by atoms with Crippen LogP contribution in [0.2, 0.25) is 0 Å². The average molecular weight is 259 g/mol. The predicted molar refractivity (Wildman–Crippen MR) is 83.9 cm³/mol. The lowest BCUT2D eigenvalue weighted by molar-refractivity contribution is -0.125. The Bertz CT molecular complexity index is 436. The lowest BCUT2D eigenvalue weighted by Crippen LogP contribution is -2.28. The van der Waals surface area contributed by atoms with Crippen LogP contribution < -0.4 is 0 Å². The molecule has 0 bridgehead atoms. The molecule has 0 radical (unpaired) electrons. The zero-order valence-corrected chi connectivity index (χ0v) is 12.7. The first-order chi connectivity index (χ1) is 8.96. The highest BCUT2D eigenvalue weighted by molar-refractivity contribution is 5.92. The van der Waals surface area contributed by atoms with Crippen LogP contribution in [0.4, 0.5) is 0 Å². The lowest BCUT2D eigenvalue weighted by Gasteiger charge is -2.18. The summed E-state index contributed by atoms with van der Waals surface area (Å²) in [5.41, 5.74) is 2.98. The smallest absolute Gasteiger partial charge is 0.249 e. The molecule has 0 heterocycles. The number of carbonyl (C=O) groups excluding carboxylic acids is 1. The maximum atomic E-state index is 11.9. The maximum absolute atomic E-state index is 11.9. The van der Waals surface area contributed by atoms with Crippen molar-refractivity contribution in [3.8, 4) is 0 Å². The minimum Gasteiger partial charge on any atom is -0.338 e. The summed E-state index contributed by atoms with van der Waals surface area (Å²) in [5, 5.41) is 0. The van der Waals surface area contributed by atoms with Gasteiger partial charge in [0.1, 0.15) is 0 Å². The second-order valence-electron chi connectivity index (χ2n) is 4.53. The van der Waals surface area contributed by atoms with E-state index in [0.717, 1.165) is 16.7 Å². The Morgan fingerprint density at radius 1 is 1.26 bits per heavy atom. The molecule has 0 spiro atoms. The molecule has 0 atom stereocenters. The monoisotopic (exact) mass is 259 g/mol. The van der Waals surface area contributed by atoms with Crippen LogP contribution >= 0.6 is 0 Å². The average Bonchev–Trinajstić information content (AvgIpc) is 2.37. The summed E-state index contributed by atoms with van der Waals surface area (Å²) >= 11 is 0. The largest absolute Gasteiger partial charge is 0.338 e. The molecule has 0 fully saturated rings. The molecule has 1 amide bonds. The molecule has 0 unspecified atom stereocenters. The van der Waals surface area contributed by atoms with E-state index >= 15 is 0 Å². The number of allylic oxidation sites excluding steroid dienone is 7. The normalized spacial score (nSPS) is 13.8. The fourth-order valence-electron chi connectivity index (χ4n) is 1.68. The molecule has 0 aliphatic carbocycles. The Kier molecular flexibility index (Phi) is 8.27. The van der Waals surface area contributed by atoms with Crippen molar-refractivity contribution in [2.24, 2.45) is 0 Å². The SMILES string of the molecule is C=C/C=C(\C=C/C)/C=C(\C)CN(C)C(=O)/C(C)=C/C. The molecule has 104 valence electrons. The summed E-state index contributed by atoms with van der Waals surface area (Å²) in [5.74, 6) is 0.0653. The van der Waals surface area contributed by atoms with Crippen molar-refractivity contribution in [1.82, 2.24) is 4.90 Å². The fourth-order valence-corrected chi connectivity index (χ4v) is 1.68. The summed E-state index contributed by atoms with van der Waals surface area (Å²) in [6, 6.07) is 0. The van der Waals surface area contributed by atoms with Gasteiger partial charge in [0.2, 0.25) is 5.91 Å². The molecular formula is C17H25NO. The predicted octanol–water partition coefficient (Wildman–Crippen LogP) is 4.05. The standard InChI is InChI=1S/C17H25NO/c1-7-10-16(11-8-2)12-14(4)13-18(6)17(19)15(5)9-3/h7-12H,1,13H2,2-6H3/b11-8-,14-12+,15-9+,16-10+. The molecule has 0 aliphatic heterocycles. The maximum Gasteiger partial charge on any atom is 0.249 e. The molecule has 0 saturated carbocycles. The molecule has 0 saturated heterocycles. The van der Waals surface area contributed by atoms with E-state index in [9.17, 15) is 4.79 Å². The van der Waals surface area contributed by atoms with E-state index in [2.05, 4.69) is 12.7 Å². The molecular weight excluding hydrogens is 234 g/mol. The van der Waals surface area contributed by atoms with Gasteiger partial charge in [0, 0.05) is 19.2 Å². The van der Waals surface area contributed by atoms with Crippen molar-refractivity contribution in [2.75, 3.05) is 13.6 Å². The van der Waals surface area contributed by atoms with Gasteiger partial charge in [0.25, 0.3) is 0 Å². The quantitative estimate of drug-likeness (QED) is 0.520. The highest BCUT2D eigenvalue weighted by Crippen LogP contribution is 2.08. The lowest BCUT2D eigenvalue weighted by atomic mass is 10.1. The zero-order chi connectivity index (χ0) is 14.8. The van der Waals surface area contributed by atoms with Crippen molar-refractivity contribution >= 4 is 5.91 Å². The van der Waals surface area contributed by atoms with Crippen LogP contribution in [-0.2, 0) is 4.79 Å². The van der Waals surface area contributed by atoms with Crippen molar-refractivity contribution < 1.29 is 4.79 Å². The van der Waals surface area contributed by atoms with Gasteiger partial charge in [-0.3, -0.25) is 4.79 Å². The minimum atomic E-state index is 0.0653. The van der Waals surface area contributed by atoms with Crippen LogP contribution in [0.3, 0.4) is 0 Å². The van der Waals surface area contributed by atoms with E-state index in [-0.39, 0.29) is 5.91 Å². The third-order valence-electron chi connectivity index (χ3n) is 2.69. The van der Waals surface area contributed by atoms with Gasteiger partial charge in [-0.1, -0.05) is 48.6 Å². The Morgan fingerprint density at radius 2 is 1.89 bits per heavy atom. The second kappa shape index (κ2) is 9.15. The Labute approximate surface area is 117 Å². The highest BCUT2D eigenvalue weighted by Gasteiger charge is 2.09. The van der Waals surface area contributed by atoms with E-state index in [1.54, 1.807) is 11.0 Å². The topological polar surface area (TPSA) is 20.3 Å². The minimum absolute atomic E-state index is 0.0653. The van der Waals surface area contributed by atoms with Gasteiger partial charge >= 0.3 is 0 Å². The van der Waals surface area contributed by atoms with Crippen LogP contribution in [0, 0.1) is 0 Å². The molecule has 0 rings (SSSR count). The van der Waals surface area contributed by atoms with Gasteiger partial charge < -0.3 is 4.90 Å². The van der Waals surface area contributed by atoms with E-state index in [4.69, 9.17) is 0 Å². The Balaban J connectivity index is 4.85. The van der Waals surface area contributed by atoms with E-state index in [1.165, 1.54) is 0 Å². The van der Waals surface area contributed by atoms with Gasteiger partial charge in [-0.15, -0.1) is 0 Å². The van der Waals surface area contributed by atoms with Gasteiger partial charge in [-0.2, -0.15) is 0 Å². The van der Waals surface area contributed by atoms with E-state index < -0.39 is 0 Å². The number of likely N-dealkylation sites (N-methyl/N-ethyl adjacent to an activating group) is 1. The number of hydrogen-bond acceptors (Lipinski definition) is 1. The van der Waals surface area contributed by atoms with Gasteiger partial charge in [-0.25, -0.2) is 0 Å². The summed E-state index contributed by atoms with van der Waals surface area (Å²) in [6.45, 7) is 12.0. The van der Waals surface area contributed by atoms with Crippen molar-refractivity contribution in [1.29, 1.82) is 0 Å². The molecule has 0 aliphatic rings. The number of rotatable bonds is 6. The van der Waals surface area contributed by atoms with Gasteiger partial charge in [0.15, 0.2) is 0 Å². The fraction of sp³-hybridized carbons (Fsp3) is 0.353. The molecule has 19 heavy (non-hydrogen) atoms. The third-order valence-corrected chi connectivity index (χ3v) is 2.69. The Hall–Kier alpha value is -1.83. The van der Waals surface area contributed by atoms with Crippen LogP contribution in [0.15, 0.2) is 59.8 Å². The van der Waals surface area contributed by atoms with Crippen LogP contribution in [-0.4, -0.2) is 24.4 Å². The van der Waals surface area contributed by atoms with Crippen molar-refractivity contribution in [2.45, 2.75) is 27.7 Å². The molecule has 2 heteroatoms. The Morgan fingerprint density at radius 3 is 2.37 bits per heavy atom. The van der Waals surface area contributed by atoms with Gasteiger partial charge in [-0.05, 0) is 33.3 Å². The first-order valence-corrected chi connectivity index (χ1v) is 6.47. The molecule has 2 nitrogen and oxygen atoms in total. The molecule has 0 aromatic carbocycles. The van der Waals surface area contributed by atoms with Crippen LogP contribution in [0.5, 0.6) is 0 Å². The number of amides is 1. The third kappa shape index (κ3) is 6.61. The number of hydrogen-bond donors (Lipinski definition) is 0. The van der Waals surface area contributed by atoms with E-state index in [0.29, 0.717) is 6.54 Å². The van der Waals surface area contributed by atoms with E-state index in [1.807, 2.05) is 59.0 Å². The summed E-state index contributed by atoms with van der Waals surface area (Å²) in [4.78, 5) is 13.7. The van der Waals surface area contributed by atoms with Crippen molar-refractivity contribution in [3.05, 3.63) is 59.8 Å². The highest BCUT2D eigenvalue weighted by atomic mass is 16.2. The van der Waals surface area contributed by atoms with Crippen molar-refractivity contribution in [3.63, 3.8) is 0 Å². The summed E-state index contributed by atoms with van der Waals surface area (Å²) in [7, 11) is 1.82. The first-order valence-electron chi connectivity index (χ1n) is 6.47.